The van der Waals surface area contributed by atoms with E-state index in [1.165, 1.54) is 12.8 Å². The fourth-order valence-electron chi connectivity index (χ4n) is 2.06. The molecule has 0 amide bonds. The maximum Gasteiger partial charge on any atom is 0.147 e. The van der Waals surface area contributed by atoms with Crippen LogP contribution in [0.5, 0.6) is 0 Å². The first-order chi connectivity index (χ1) is 7.27. The molecule has 1 unspecified atom stereocenters. The zero-order valence-corrected chi connectivity index (χ0v) is 10.2. The summed E-state index contributed by atoms with van der Waals surface area (Å²) >= 11 is 5.86. The van der Waals surface area contributed by atoms with E-state index in [1.54, 1.807) is 0 Å². The molecule has 1 saturated carbocycles. The van der Waals surface area contributed by atoms with Crippen LogP contribution in [0.4, 0.5) is 0 Å². The van der Waals surface area contributed by atoms with E-state index >= 15 is 0 Å². The zero-order chi connectivity index (χ0) is 10.8. The molecule has 0 aromatic carbocycles. The lowest BCUT2D eigenvalue weighted by Crippen LogP contribution is -2.10. The summed E-state index contributed by atoms with van der Waals surface area (Å²) in [6, 6.07) is 0. The first-order valence-electron chi connectivity index (χ1n) is 5.75. The van der Waals surface area contributed by atoms with Crippen molar-refractivity contribution in [2.24, 2.45) is 5.92 Å². The van der Waals surface area contributed by atoms with Crippen LogP contribution >= 0.6 is 11.6 Å². The Morgan fingerprint density at radius 2 is 2.20 bits per heavy atom. The second kappa shape index (κ2) is 4.52. The minimum atomic E-state index is 0.463. The van der Waals surface area contributed by atoms with Crippen LogP contribution in [-0.4, -0.2) is 14.8 Å². The van der Waals surface area contributed by atoms with Gasteiger partial charge in [0.25, 0.3) is 0 Å². The fourth-order valence-corrected chi connectivity index (χ4v) is 2.26. The highest BCUT2D eigenvalue weighted by Gasteiger charge is 2.32. The molecule has 0 spiro atoms. The summed E-state index contributed by atoms with van der Waals surface area (Å²) in [6.07, 6.45) is 3.79. The topological polar surface area (TPSA) is 30.7 Å². The van der Waals surface area contributed by atoms with E-state index in [0.717, 1.165) is 30.5 Å². The van der Waals surface area contributed by atoms with Gasteiger partial charge in [-0.2, -0.15) is 0 Å². The standard InChI is InChI=1S/C11H18ClN3/c1-3-6-15-10(7-12)13-14-11(15)8(2)9-4-5-9/h8-9H,3-7H2,1-2H3. The van der Waals surface area contributed by atoms with Crippen molar-refractivity contribution < 1.29 is 0 Å². The molecule has 0 N–H and O–H groups in total. The molecule has 1 fully saturated rings. The van der Waals surface area contributed by atoms with Gasteiger partial charge in [0.15, 0.2) is 0 Å². The van der Waals surface area contributed by atoms with Gasteiger partial charge in [-0.25, -0.2) is 0 Å². The van der Waals surface area contributed by atoms with Crippen LogP contribution in [0.1, 0.15) is 50.7 Å². The van der Waals surface area contributed by atoms with Gasteiger partial charge in [0.2, 0.25) is 0 Å². The molecule has 1 aromatic rings. The molecular formula is C11H18ClN3. The van der Waals surface area contributed by atoms with Crippen molar-refractivity contribution in [2.45, 2.75) is 51.5 Å². The quantitative estimate of drug-likeness (QED) is 0.725. The van der Waals surface area contributed by atoms with Gasteiger partial charge >= 0.3 is 0 Å². The summed E-state index contributed by atoms with van der Waals surface area (Å²) < 4.78 is 2.20. The summed E-state index contributed by atoms with van der Waals surface area (Å²) in [5, 5.41) is 8.46. The molecular weight excluding hydrogens is 210 g/mol. The number of nitrogens with zero attached hydrogens (tertiary/aromatic N) is 3. The maximum absolute atomic E-state index is 5.86. The molecule has 3 nitrogen and oxygen atoms in total. The molecule has 0 bridgehead atoms. The van der Waals surface area contributed by atoms with E-state index < -0.39 is 0 Å². The molecule has 0 aliphatic heterocycles. The summed E-state index contributed by atoms with van der Waals surface area (Å²) in [6.45, 7) is 5.41. The average Bonchev–Trinajstić information content (AvgIpc) is 3.00. The molecule has 2 rings (SSSR count). The molecule has 1 heterocycles. The first kappa shape index (κ1) is 10.9. The summed E-state index contributed by atoms with van der Waals surface area (Å²) in [5.74, 6) is 3.88. The number of rotatable bonds is 5. The molecule has 4 heteroatoms. The molecule has 15 heavy (non-hydrogen) atoms. The lowest BCUT2D eigenvalue weighted by atomic mass is 10.1. The SMILES string of the molecule is CCCn1c(CCl)nnc1C(C)C1CC1. The van der Waals surface area contributed by atoms with Crippen molar-refractivity contribution in [1.82, 2.24) is 14.8 Å². The number of hydrogen-bond donors (Lipinski definition) is 0. The van der Waals surface area contributed by atoms with Gasteiger partial charge in [0.1, 0.15) is 11.6 Å². The molecule has 84 valence electrons. The minimum Gasteiger partial charge on any atom is -0.314 e. The van der Waals surface area contributed by atoms with E-state index in [1.807, 2.05) is 0 Å². The Bertz CT molecular complexity index is 331. The van der Waals surface area contributed by atoms with E-state index in [-0.39, 0.29) is 0 Å². The first-order valence-corrected chi connectivity index (χ1v) is 6.29. The third kappa shape index (κ3) is 2.17. The highest BCUT2D eigenvalue weighted by molar-refractivity contribution is 6.16. The second-order valence-electron chi connectivity index (χ2n) is 4.39. The number of hydrogen-bond acceptors (Lipinski definition) is 2. The summed E-state index contributed by atoms with van der Waals surface area (Å²) in [4.78, 5) is 0. The fraction of sp³-hybridized carbons (Fsp3) is 0.818. The van der Waals surface area contributed by atoms with Crippen LogP contribution in [-0.2, 0) is 12.4 Å². The zero-order valence-electron chi connectivity index (χ0n) is 9.41. The Morgan fingerprint density at radius 3 is 2.73 bits per heavy atom. The van der Waals surface area contributed by atoms with E-state index in [4.69, 9.17) is 11.6 Å². The van der Waals surface area contributed by atoms with Gasteiger partial charge in [-0.3, -0.25) is 0 Å². The average molecular weight is 228 g/mol. The Morgan fingerprint density at radius 1 is 1.47 bits per heavy atom. The van der Waals surface area contributed by atoms with Gasteiger partial charge in [-0.05, 0) is 25.2 Å². The minimum absolute atomic E-state index is 0.463. The smallest absolute Gasteiger partial charge is 0.147 e. The third-order valence-corrected chi connectivity index (χ3v) is 3.40. The highest BCUT2D eigenvalue weighted by atomic mass is 35.5. The van der Waals surface area contributed by atoms with Crippen molar-refractivity contribution in [2.75, 3.05) is 0 Å². The lowest BCUT2D eigenvalue weighted by Gasteiger charge is -2.12. The summed E-state index contributed by atoms with van der Waals surface area (Å²) in [5.41, 5.74) is 0. The van der Waals surface area contributed by atoms with E-state index in [2.05, 4.69) is 28.6 Å². The monoisotopic (exact) mass is 227 g/mol. The van der Waals surface area contributed by atoms with Gasteiger partial charge in [-0.15, -0.1) is 21.8 Å². The number of alkyl halides is 1. The van der Waals surface area contributed by atoms with Crippen molar-refractivity contribution >= 4 is 11.6 Å². The molecule has 1 aliphatic rings. The van der Waals surface area contributed by atoms with Crippen molar-refractivity contribution in [3.8, 4) is 0 Å². The largest absolute Gasteiger partial charge is 0.314 e. The van der Waals surface area contributed by atoms with Crippen LogP contribution in [0, 0.1) is 5.92 Å². The van der Waals surface area contributed by atoms with Crippen LogP contribution in [0.15, 0.2) is 0 Å². The second-order valence-corrected chi connectivity index (χ2v) is 4.65. The molecule has 0 saturated heterocycles. The Hall–Kier alpha value is -0.570. The van der Waals surface area contributed by atoms with Crippen molar-refractivity contribution in [1.29, 1.82) is 0 Å². The molecule has 1 aromatic heterocycles. The highest BCUT2D eigenvalue weighted by Crippen LogP contribution is 2.41. The predicted molar refractivity (Wildman–Crippen MR) is 61.0 cm³/mol. The van der Waals surface area contributed by atoms with Crippen molar-refractivity contribution in [3.05, 3.63) is 11.6 Å². The van der Waals surface area contributed by atoms with Gasteiger partial charge in [-0.1, -0.05) is 13.8 Å². The number of aromatic nitrogens is 3. The van der Waals surface area contributed by atoms with Crippen LogP contribution in [0.2, 0.25) is 0 Å². The van der Waals surface area contributed by atoms with E-state index in [0.29, 0.717) is 11.8 Å². The molecule has 1 aliphatic carbocycles. The van der Waals surface area contributed by atoms with Crippen LogP contribution in [0.3, 0.4) is 0 Å². The van der Waals surface area contributed by atoms with Crippen LogP contribution in [0.25, 0.3) is 0 Å². The lowest BCUT2D eigenvalue weighted by molar-refractivity contribution is 0.545. The molecule has 1 atom stereocenters. The van der Waals surface area contributed by atoms with E-state index in [9.17, 15) is 0 Å². The normalized spacial score (nSPS) is 18.1. The Balaban J connectivity index is 2.24. The third-order valence-electron chi connectivity index (χ3n) is 3.16. The van der Waals surface area contributed by atoms with Gasteiger partial charge < -0.3 is 4.57 Å². The van der Waals surface area contributed by atoms with Gasteiger partial charge in [0, 0.05) is 12.5 Å². The Labute approximate surface area is 95.8 Å². The predicted octanol–water partition coefficient (Wildman–Crippen LogP) is 2.94. The number of halogens is 1. The van der Waals surface area contributed by atoms with Crippen LogP contribution < -0.4 is 0 Å². The van der Waals surface area contributed by atoms with Gasteiger partial charge in [0.05, 0.1) is 5.88 Å². The summed E-state index contributed by atoms with van der Waals surface area (Å²) in [7, 11) is 0. The molecule has 0 radical (unpaired) electrons. The van der Waals surface area contributed by atoms with Crippen molar-refractivity contribution in [3.63, 3.8) is 0 Å². The Kier molecular flexibility index (Phi) is 3.29. The maximum atomic E-state index is 5.86.